The van der Waals surface area contributed by atoms with E-state index in [1.54, 1.807) is 0 Å². The summed E-state index contributed by atoms with van der Waals surface area (Å²) in [7, 11) is 0.907. The van der Waals surface area contributed by atoms with Crippen LogP contribution < -0.4 is 0 Å². The second-order valence-corrected chi connectivity index (χ2v) is 8.76. The molecule has 1 unspecified atom stereocenters. The Hall–Kier alpha value is -3.87. The number of amides is 2. The van der Waals surface area contributed by atoms with E-state index in [9.17, 15) is 41.8 Å². The van der Waals surface area contributed by atoms with Crippen molar-refractivity contribution in [3.8, 4) is 0 Å². The van der Waals surface area contributed by atoms with E-state index in [4.69, 9.17) is 0 Å². The molecule has 1 aliphatic rings. The fraction of sp³-hybridized carbons (Fsp3) is 0.227. The number of ether oxygens (including phenoxy) is 1. The molecular weight excluding hydrogens is 496 g/mol. The van der Waals surface area contributed by atoms with E-state index in [1.807, 2.05) is 0 Å². The highest BCUT2D eigenvalue weighted by molar-refractivity contribution is 7.18. The average Bonchev–Trinajstić information content (AvgIpc) is 3.20. The summed E-state index contributed by atoms with van der Waals surface area (Å²) < 4.78 is 58.2. The van der Waals surface area contributed by atoms with E-state index in [0.717, 1.165) is 48.8 Å². The lowest BCUT2D eigenvalue weighted by Crippen LogP contribution is -2.59. The Bertz CT molecular complexity index is 1400. The minimum absolute atomic E-state index is 0.0241. The molecule has 182 valence electrons. The van der Waals surface area contributed by atoms with Crippen molar-refractivity contribution in [1.29, 1.82) is 0 Å². The number of rotatable bonds is 5. The zero-order valence-electron chi connectivity index (χ0n) is 17.7. The fourth-order valence-electron chi connectivity index (χ4n) is 3.98. The molecule has 2 heterocycles. The Morgan fingerprint density at radius 2 is 1.89 bits per heavy atom. The Morgan fingerprint density at radius 1 is 1.17 bits per heavy atom. The number of esters is 1. The van der Waals surface area contributed by atoms with Crippen LogP contribution in [0.15, 0.2) is 36.4 Å². The highest BCUT2D eigenvalue weighted by Crippen LogP contribution is 2.41. The van der Waals surface area contributed by atoms with E-state index < -0.39 is 65.3 Å². The molecule has 2 aromatic carbocycles. The number of aromatic nitrogens is 1. The van der Waals surface area contributed by atoms with Gasteiger partial charge in [0.1, 0.15) is 10.8 Å². The summed E-state index contributed by atoms with van der Waals surface area (Å²) in [5, 5.41) is 9.51. The van der Waals surface area contributed by atoms with Gasteiger partial charge < -0.3 is 9.84 Å². The first-order chi connectivity index (χ1) is 16.4. The molecule has 0 bridgehead atoms. The molecule has 1 aliphatic heterocycles. The normalized spacial score (nSPS) is 18.0. The fourth-order valence-corrected chi connectivity index (χ4v) is 4.92. The molecule has 0 fully saturated rings. The Labute approximate surface area is 197 Å². The highest BCUT2D eigenvalue weighted by atomic mass is 32.1. The number of benzene rings is 2. The van der Waals surface area contributed by atoms with Gasteiger partial charge >= 0.3 is 18.1 Å². The summed E-state index contributed by atoms with van der Waals surface area (Å²) in [5.41, 5.74) is -4.26. The number of carbonyl (C=O) groups is 4. The molecule has 0 radical (unpaired) electrons. The second kappa shape index (κ2) is 8.41. The number of nitrogens with zero attached hydrogens (tertiary/aromatic N) is 2. The van der Waals surface area contributed by atoms with Crippen LogP contribution in [0.3, 0.4) is 0 Å². The maximum Gasteiger partial charge on any atom is 0.416 e. The number of imide groups is 1. The van der Waals surface area contributed by atoms with E-state index in [2.05, 4.69) is 9.72 Å². The van der Waals surface area contributed by atoms with Crippen LogP contribution in [-0.4, -0.2) is 45.9 Å². The lowest BCUT2D eigenvalue weighted by molar-refractivity contribution is -0.161. The van der Waals surface area contributed by atoms with Crippen molar-refractivity contribution in [3.63, 3.8) is 0 Å². The average molecular weight is 510 g/mol. The second-order valence-electron chi connectivity index (χ2n) is 7.64. The molecule has 35 heavy (non-hydrogen) atoms. The quantitative estimate of drug-likeness (QED) is 0.242. The van der Waals surface area contributed by atoms with E-state index >= 15 is 0 Å². The number of fused-ring (bicyclic) bond motifs is 2. The van der Waals surface area contributed by atoms with Gasteiger partial charge in [0.15, 0.2) is 5.41 Å². The van der Waals surface area contributed by atoms with Crippen LogP contribution in [0, 0.1) is 5.82 Å². The first-order valence-corrected chi connectivity index (χ1v) is 10.6. The van der Waals surface area contributed by atoms with Gasteiger partial charge in [-0.1, -0.05) is 0 Å². The third-order valence-corrected chi connectivity index (χ3v) is 6.55. The van der Waals surface area contributed by atoms with Gasteiger partial charge in [-0.25, -0.2) is 9.37 Å². The van der Waals surface area contributed by atoms with Gasteiger partial charge in [-0.05, 0) is 42.0 Å². The predicted molar refractivity (Wildman–Crippen MR) is 112 cm³/mol. The summed E-state index contributed by atoms with van der Waals surface area (Å²) in [6.45, 7) is -0.562. The third kappa shape index (κ3) is 4.01. The van der Waals surface area contributed by atoms with Crippen LogP contribution in [-0.2, 0) is 37.3 Å². The SMILES string of the molecule is COC(=O)C1(CC(=O)O)C(=O)N(Cc2nc3cc(C(F)(F)F)ccc3s2)C(=O)c2ccc(F)cc21. The molecular formula is C22H14F4N2O6S. The summed E-state index contributed by atoms with van der Waals surface area (Å²) in [4.78, 5) is 55.8. The van der Waals surface area contributed by atoms with Gasteiger partial charge in [0.05, 0.1) is 35.9 Å². The van der Waals surface area contributed by atoms with Crippen LogP contribution in [0.4, 0.5) is 17.6 Å². The highest BCUT2D eigenvalue weighted by Gasteiger charge is 2.58. The van der Waals surface area contributed by atoms with Crippen molar-refractivity contribution in [3.05, 3.63) is 63.9 Å². The number of alkyl halides is 3. The monoisotopic (exact) mass is 510 g/mol. The molecule has 1 aromatic heterocycles. The number of halogens is 4. The molecule has 0 spiro atoms. The van der Waals surface area contributed by atoms with Gasteiger partial charge in [0.25, 0.3) is 11.8 Å². The van der Waals surface area contributed by atoms with Gasteiger partial charge in [0.2, 0.25) is 0 Å². The van der Waals surface area contributed by atoms with Crippen LogP contribution in [0.25, 0.3) is 10.2 Å². The Balaban J connectivity index is 1.83. The van der Waals surface area contributed by atoms with Crippen molar-refractivity contribution in [1.82, 2.24) is 9.88 Å². The summed E-state index contributed by atoms with van der Waals surface area (Å²) in [6, 6.07) is 5.53. The summed E-state index contributed by atoms with van der Waals surface area (Å²) in [6.07, 6.45) is -5.74. The van der Waals surface area contributed by atoms with Crippen LogP contribution in [0.5, 0.6) is 0 Å². The standard InChI is InChI=1S/C22H14F4N2O6S/c1-34-20(33)21(8-17(29)30)13-7-11(23)3-4-12(13)18(31)28(19(21)32)9-16-27-14-6-10(22(24,25)26)2-5-15(14)35-16/h2-7H,8-9H2,1H3,(H,29,30). The zero-order chi connectivity index (χ0) is 25.7. The molecule has 8 nitrogen and oxygen atoms in total. The maximum atomic E-state index is 14.1. The summed E-state index contributed by atoms with van der Waals surface area (Å²) >= 11 is 0.909. The van der Waals surface area contributed by atoms with Gasteiger partial charge in [-0.2, -0.15) is 13.2 Å². The molecule has 4 rings (SSSR count). The summed E-state index contributed by atoms with van der Waals surface area (Å²) in [5.74, 6) is -6.04. The Kier molecular flexibility index (Phi) is 5.83. The van der Waals surface area contributed by atoms with Crippen molar-refractivity contribution in [2.75, 3.05) is 7.11 Å². The van der Waals surface area contributed by atoms with Gasteiger partial charge in [-0.15, -0.1) is 11.3 Å². The van der Waals surface area contributed by atoms with Crippen molar-refractivity contribution in [2.45, 2.75) is 24.6 Å². The number of carboxylic acid groups (broad SMARTS) is 1. The lowest BCUT2D eigenvalue weighted by atomic mass is 9.71. The number of carbonyl (C=O) groups excluding carboxylic acids is 3. The molecule has 13 heteroatoms. The maximum absolute atomic E-state index is 14.1. The van der Waals surface area contributed by atoms with Crippen molar-refractivity contribution < 1.29 is 46.6 Å². The van der Waals surface area contributed by atoms with E-state index in [1.165, 1.54) is 6.07 Å². The molecule has 3 aromatic rings. The number of thiazole rings is 1. The number of methoxy groups -OCH3 is 1. The number of carboxylic acids is 1. The Morgan fingerprint density at radius 3 is 2.51 bits per heavy atom. The minimum Gasteiger partial charge on any atom is -0.481 e. The smallest absolute Gasteiger partial charge is 0.416 e. The van der Waals surface area contributed by atoms with Crippen LogP contribution in [0.2, 0.25) is 0 Å². The minimum atomic E-state index is -4.60. The molecule has 2 amide bonds. The first kappa shape index (κ1) is 24.3. The van der Waals surface area contributed by atoms with Crippen molar-refractivity contribution in [2.24, 2.45) is 0 Å². The van der Waals surface area contributed by atoms with Crippen LogP contribution >= 0.6 is 11.3 Å². The number of aliphatic carboxylic acids is 1. The lowest BCUT2D eigenvalue weighted by Gasteiger charge is -2.38. The molecule has 0 saturated heterocycles. The molecule has 0 aliphatic carbocycles. The number of hydrogen-bond donors (Lipinski definition) is 1. The van der Waals surface area contributed by atoms with E-state index in [0.29, 0.717) is 9.60 Å². The first-order valence-electron chi connectivity index (χ1n) is 9.81. The number of hydrogen-bond acceptors (Lipinski definition) is 7. The molecule has 0 saturated carbocycles. The van der Waals surface area contributed by atoms with Crippen LogP contribution in [0.1, 0.15) is 32.9 Å². The topological polar surface area (TPSA) is 114 Å². The zero-order valence-corrected chi connectivity index (χ0v) is 18.5. The molecule has 1 N–H and O–H groups in total. The van der Waals surface area contributed by atoms with Gasteiger partial charge in [-0.3, -0.25) is 24.1 Å². The third-order valence-electron chi connectivity index (χ3n) is 5.53. The van der Waals surface area contributed by atoms with Gasteiger partial charge in [0, 0.05) is 5.56 Å². The largest absolute Gasteiger partial charge is 0.481 e. The predicted octanol–water partition coefficient (Wildman–Crippen LogP) is 3.52. The molecule has 1 atom stereocenters. The van der Waals surface area contributed by atoms with E-state index in [-0.39, 0.29) is 16.1 Å². The van der Waals surface area contributed by atoms with Crippen molar-refractivity contribution >= 4 is 45.3 Å².